The standard InChI is InChI=1S/C10H17NO2/c1-7(2)11-10(13)9(12)8-5-3-4-6-8/h7-8H,3-6H2,1-2H3,(H,11,13). The monoisotopic (exact) mass is 183 g/mol. The third-order valence-electron chi connectivity index (χ3n) is 2.37. The number of ketones is 1. The molecule has 0 atom stereocenters. The molecular weight excluding hydrogens is 166 g/mol. The molecule has 1 fully saturated rings. The quantitative estimate of drug-likeness (QED) is 0.670. The fourth-order valence-electron chi connectivity index (χ4n) is 1.71. The molecule has 0 bridgehead atoms. The van der Waals surface area contributed by atoms with Crippen molar-refractivity contribution in [1.82, 2.24) is 5.32 Å². The average molecular weight is 183 g/mol. The molecule has 0 aromatic heterocycles. The van der Waals surface area contributed by atoms with Gasteiger partial charge in [-0.25, -0.2) is 0 Å². The van der Waals surface area contributed by atoms with E-state index in [4.69, 9.17) is 0 Å². The first-order valence-corrected chi connectivity index (χ1v) is 4.96. The Morgan fingerprint density at radius 2 is 1.77 bits per heavy atom. The van der Waals surface area contributed by atoms with Crippen molar-refractivity contribution in [2.75, 3.05) is 0 Å². The van der Waals surface area contributed by atoms with Gasteiger partial charge in [0.2, 0.25) is 5.78 Å². The molecule has 0 radical (unpaired) electrons. The summed E-state index contributed by atoms with van der Waals surface area (Å²) in [7, 11) is 0. The van der Waals surface area contributed by atoms with Crippen LogP contribution < -0.4 is 5.32 Å². The summed E-state index contributed by atoms with van der Waals surface area (Å²) in [6, 6.07) is 0.0536. The van der Waals surface area contributed by atoms with E-state index in [0.717, 1.165) is 25.7 Å². The maximum atomic E-state index is 11.5. The molecule has 0 heterocycles. The zero-order valence-electron chi connectivity index (χ0n) is 8.30. The molecule has 1 saturated carbocycles. The molecule has 0 aliphatic heterocycles. The predicted octanol–water partition coefficient (Wildman–Crippen LogP) is 1.27. The topological polar surface area (TPSA) is 46.2 Å². The molecule has 0 spiro atoms. The minimum absolute atomic E-state index is 0.00116. The maximum Gasteiger partial charge on any atom is 0.287 e. The zero-order chi connectivity index (χ0) is 9.84. The van der Waals surface area contributed by atoms with Gasteiger partial charge in [0.05, 0.1) is 0 Å². The van der Waals surface area contributed by atoms with Crippen LogP contribution in [0.25, 0.3) is 0 Å². The van der Waals surface area contributed by atoms with Crippen molar-refractivity contribution in [2.45, 2.75) is 45.6 Å². The summed E-state index contributed by atoms with van der Waals surface area (Å²) in [6.07, 6.45) is 3.96. The smallest absolute Gasteiger partial charge is 0.287 e. The number of carbonyl (C=O) groups excluding carboxylic acids is 2. The molecule has 0 aromatic carbocycles. The molecule has 0 saturated heterocycles. The Morgan fingerprint density at radius 1 is 1.23 bits per heavy atom. The van der Waals surface area contributed by atoms with E-state index in [1.165, 1.54) is 0 Å². The molecule has 1 rings (SSSR count). The molecule has 3 heteroatoms. The molecule has 3 nitrogen and oxygen atoms in total. The highest BCUT2D eigenvalue weighted by atomic mass is 16.2. The van der Waals surface area contributed by atoms with Crippen LogP contribution in [-0.4, -0.2) is 17.7 Å². The van der Waals surface area contributed by atoms with E-state index in [1.54, 1.807) is 0 Å². The highest BCUT2D eigenvalue weighted by molar-refractivity contribution is 6.37. The molecule has 1 amide bonds. The Bertz CT molecular complexity index is 205. The third-order valence-corrected chi connectivity index (χ3v) is 2.37. The van der Waals surface area contributed by atoms with E-state index in [-0.39, 0.29) is 17.7 Å². The molecule has 13 heavy (non-hydrogen) atoms. The van der Waals surface area contributed by atoms with Crippen molar-refractivity contribution in [2.24, 2.45) is 5.92 Å². The van der Waals surface area contributed by atoms with Crippen LogP contribution in [-0.2, 0) is 9.59 Å². The SMILES string of the molecule is CC(C)NC(=O)C(=O)C1CCCC1. The van der Waals surface area contributed by atoms with E-state index in [9.17, 15) is 9.59 Å². The van der Waals surface area contributed by atoms with Gasteiger partial charge in [-0.1, -0.05) is 12.8 Å². The van der Waals surface area contributed by atoms with Gasteiger partial charge in [-0.3, -0.25) is 9.59 Å². The second-order valence-corrected chi connectivity index (χ2v) is 3.97. The van der Waals surface area contributed by atoms with Gasteiger partial charge in [-0.15, -0.1) is 0 Å². The van der Waals surface area contributed by atoms with Crippen LogP contribution in [0.15, 0.2) is 0 Å². The first kappa shape index (κ1) is 10.2. The Kier molecular flexibility index (Phi) is 3.46. The van der Waals surface area contributed by atoms with Crippen LogP contribution in [0.5, 0.6) is 0 Å². The molecule has 1 aliphatic rings. The highest BCUT2D eigenvalue weighted by Crippen LogP contribution is 2.25. The van der Waals surface area contributed by atoms with Crippen molar-refractivity contribution in [3.05, 3.63) is 0 Å². The maximum absolute atomic E-state index is 11.5. The number of hydrogen-bond donors (Lipinski definition) is 1. The van der Waals surface area contributed by atoms with Crippen LogP contribution in [0.2, 0.25) is 0 Å². The second kappa shape index (κ2) is 4.40. The Labute approximate surface area is 78.9 Å². The highest BCUT2D eigenvalue weighted by Gasteiger charge is 2.27. The van der Waals surface area contributed by atoms with Crippen LogP contribution in [0.3, 0.4) is 0 Å². The van der Waals surface area contributed by atoms with Gasteiger partial charge in [0.15, 0.2) is 0 Å². The largest absolute Gasteiger partial charge is 0.347 e. The lowest BCUT2D eigenvalue weighted by molar-refractivity contribution is -0.140. The molecular formula is C10H17NO2. The zero-order valence-corrected chi connectivity index (χ0v) is 8.30. The average Bonchev–Trinajstić information content (AvgIpc) is 2.53. The van der Waals surface area contributed by atoms with E-state index >= 15 is 0 Å². The Balaban J connectivity index is 2.41. The number of hydrogen-bond acceptors (Lipinski definition) is 2. The van der Waals surface area contributed by atoms with Gasteiger partial charge in [0.25, 0.3) is 5.91 Å². The summed E-state index contributed by atoms with van der Waals surface area (Å²) in [5.74, 6) is -0.619. The van der Waals surface area contributed by atoms with Crippen molar-refractivity contribution in [3.8, 4) is 0 Å². The number of carbonyl (C=O) groups is 2. The van der Waals surface area contributed by atoms with Crippen molar-refractivity contribution in [3.63, 3.8) is 0 Å². The molecule has 1 N–H and O–H groups in total. The minimum atomic E-state index is -0.401. The normalized spacial score (nSPS) is 17.8. The minimum Gasteiger partial charge on any atom is -0.347 e. The van der Waals surface area contributed by atoms with E-state index < -0.39 is 5.91 Å². The molecule has 0 unspecified atom stereocenters. The number of nitrogens with one attached hydrogen (secondary N) is 1. The van der Waals surface area contributed by atoms with E-state index in [1.807, 2.05) is 13.8 Å². The van der Waals surface area contributed by atoms with Crippen molar-refractivity contribution in [1.29, 1.82) is 0 Å². The van der Waals surface area contributed by atoms with Gasteiger partial charge in [0.1, 0.15) is 0 Å². The van der Waals surface area contributed by atoms with Gasteiger partial charge in [-0.05, 0) is 26.7 Å². The van der Waals surface area contributed by atoms with Gasteiger partial charge in [0, 0.05) is 12.0 Å². The Hall–Kier alpha value is -0.860. The summed E-state index contributed by atoms with van der Waals surface area (Å²) in [6.45, 7) is 3.72. The lowest BCUT2D eigenvalue weighted by atomic mass is 10.0. The number of rotatable bonds is 3. The molecule has 74 valence electrons. The third kappa shape index (κ3) is 2.83. The van der Waals surface area contributed by atoms with Crippen LogP contribution in [0.4, 0.5) is 0 Å². The fraction of sp³-hybridized carbons (Fsp3) is 0.800. The Morgan fingerprint density at radius 3 is 2.23 bits per heavy atom. The summed E-state index contributed by atoms with van der Waals surface area (Å²) in [5, 5.41) is 2.63. The predicted molar refractivity (Wildman–Crippen MR) is 50.2 cm³/mol. The first-order valence-electron chi connectivity index (χ1n) is 4.96. The number of Topliss-reactive ketones (excluding diaryl/α,β-unsaturated/α-hetero) is 1. The van der Waals surface area contributed by atoms with E-state index in [2.05, 4.69) is 5.32 Å². The fourth-order valence-corrected chi connectivity index (χ4v) is 1.71. The van der Waals surface area contributed by atoms with Crippen LogP contribution in [0, 0.1) is 5.92 Å². The van der Waals surface area contributed by atoms with Gasteiger partial charge >= 0.3 is 0 Å². The lowest BCUT2D eigenvalue weighted by Crippen LogP contribution is -2.38. The van der Waals surface area contributed by atoms with Gasteiger partial charge < -0.3 is 5.32 Å². The van der Waals surface area contributed by atoms with Crippen LogP contribution in [0.1, 0.15) is 39.5 Å². The molecule has 1 aliphatic carbocycles. The first-order chi connectivity index (χ1) is 6.11. The van der Waals surface area contributed by atoms with Crippen molar-refractivity contribution < 1.29 is 9.59 Å². The molecule has 0 aromatic rings. The summed E-state index contributed by atoms with van der Waals surface area (Å²) >= 11 is 0. The van der Waals surface area contributed by atoms with Crippen molar-refractivity contribution >= 4 is 11.7 Å². The summed E-state index contributed by atoms with van der Waals surface area (Å²) in [5.41, 5.74) is 0. The van der Waals surface area contributed by atoms with Gasteiger partial charge in [-0.2, -0.15) is 0 Å². The lowest BCUT2D eigenvalue weighted by Gasteiger charge is -2.10. The summed E-state index contributed by atoms with van der Waals surface area (Å²) < 4.78 is 0. The summed E-state index contributed by atoms with van der Waals surface area (Å²) in [4.78, 5) is 22.7. The number of amides is 1. The van der Waals surface area contributed by atoms with Crippen LogP contribution >= 0.6 is 0 Å². The van der Waals surface area contributed by atoms with E-state index in [0.29, 0.717) is 0 Å². The second-order valence-electron chi connectivity index (χ2n) is 3.97.